The summed E-state index contributed by atoms with van der Waals surface area (Å²) in [5.74, 6) is 1.30. The van der Waals surface area contributed by atoms with E-state index < -0.39 is 6.29 Å². The number of aromatic nitrogens is 4. The van der Waals surface area contributed by atoms with E-state index in [-0.39, 0.29) is 23.7 Å². The second-order valence-corrected chi connectivity index (χ2v) is 10.8. The molecule has 39 heavy (non-hydrogen) atoms. The van der Waals surface area contributed by atoms with Crippen LogP contribution >= 0.6 is 0 Å². The molecule has 3 heterocycles. The third kappa shape index (κ3) is 6.62. The molecule has 0 atom stereocenters. The van der Waals surface area contributed by atoms with Gasteiger partial charge in [0.25, 0.3) is 0 Å². The number of hydrogen-bond donors (Lipinski definition) is 3. The van der Waals surface area contributed by atoms with Gasteiger partial charge in [0.15, 0.2) is 6.29 Å². The van der Waals surface area contributed by atoms with E-state index in [0.29, 0.717) is 54.4 Å². The summed E-state index contributed by atoms with van der Waals surface area (Å²) in [6, 6.07) is 8.34. The van der Waals surface area contributed by atoms with Gasteiger partial charge in [-0.3, -0.25) is 4.79 Å². The van der Waals surface area contributed by atoms with Crippen LogP contribution in [0.2, 0.25) is 0 Å². The Bertz CT molecular complexity index is 1260. The Hall–Kier alpha value is -3.37. The molecule has 3 aliphatic rings. The standard InChI is InChI=1S/C29H35FN6O3/c30-21-10-8-19(9-11-21)26-27(23-12-13-31-29(34-23)32-15-18-6-7-18)36-24(35-26)14-25-38-16-20(17-39-25)28(37)33-22-4-2-1-3-5-22/h8-13,18,20,22,25H,1-7,14-17H2,(H,33,37)(H,35,36)(H,31,32,34). The number of imidazole rings is 1. The average molecular weight is 535 g/mol. The number of carbonyl (C=O) groups excluding carboxylic acids is 1. The second-order valence-electron chi connectivity index (χ2n) is 10.8. The van der Waals surface area contributed by atoms with Gasteiger partial charge in [0, 0.05) is 24.3 Å². The van der Waals surface area contributed by atoms with Crippen LogP contribution in [0.4, 0.5) is 10.3 Å². The van der Waals surface area contributed by atoms with Crippen LogP contribution in [0.15, 0.2) is 36.5 Å². The summed E-state index contributed by atoms with van der Waals surface area (Å²) in [5, 5.41) is 6.48. The summed E-state index contributed by atoms with van der Waals surface area (Å²) < 4.78 is 25.5. The number of benzene rings is 1. The lowest BCUT2D eigenvalue weighted by atomic mass is 9.95. The van der Waals surface area contributed by atoms with Gasteiger partial charge in [-0.15, -0.1) is 0 Å². The van der Waals surface area contributed by atoms with Crippen LogP contribution in [0.3, 0.4) is 0 Å². The Labute approximate surface area is 227 Å². The van der Waals surface area contributed by atoms with Crippen molar-refractivity contribution in [3.8, 4) is 22.6 Å². The molecule has 1 saturated heterocycles. The number of anilines is 1. The van der Waals surface area contributed by atoms with Gasteiger partial charge in [-0.25, -0.2) is 19.3 Å². The van der Waals surface area contributed by atoms with E-state index in [1.165, 1.54) is 44.2 Å². The summed E-state index contributed by atoms with van der Waals surface area (Å²) in [6.07, 6.45) is 9.73. The smallest absolute Gasteiger partial charge is 0.228 e. The molecule has 2 aromatic heterocycles. The molecule has 10 heteroatoms. The number of nitrogens with one attached hydrogen (secondary N) is 3. The largest absolute Gasteiger partial charge is 0.354 e. The first-order chi connectivity index (χ1) is 19.1. The van der Waals surface area contributed by atoms with Crippen LogP contribution in [-0.4, -0.2) is 57.9 Å². The van der Waals surface area contributed by atoms with Crippen LogP contribution in [-0.2, 0) is 20.7 Å². The van der Waals surface area contributed by atoms with Gasteiger partial charge in [0.1, 0.15) is 11.6 Å². The van der Waals surface area contributed by atoms with Gasteiger partial charge >= 0.3 is 0 Å². The van der Waals surface area contributed by atoms with Crippen molar-refractivity contribution in [3.05, 3.63) is 48.2 Å². The zero-order valence-corrected chi connectivity index (χ0v) is 22.0. The van der Waals surface area contributed by atoms with E-state index in [9.17, 15) is 9.18 Å². The molecule has 206 valence electrons. The van der Waals surface area contributed by atoms with Crippen LogP contribution in [0, 0.1) is 17.7 Å². The molecule has 3 N–H and O–H groups in total. The van der Waals surface area contributed by atoms with E-state index in [0.717, 1.165) is 24.9 Å². The van der Waals surface area contributed by atoms with E-state index in [2.05, 4.69) is 20.6 Å². The lowest BCUT2D eigenvalue weighted by Crippen LogP contribution is -2.46. The van der Waals surface area contributed by atoms with Gasteiger partial charge in [-0.1, -0.05) is 19.3 Å². The molecule has 1 aliphatic heterocycles. The molecule has 3 aromatic rings. The highest BCUT2D eigenvalue weighted by Gasteiger charge is 2.30. The SMILES string of the molecule is O=C(NC1CCCCC1)C1COC(Cc2nc(-c3ccc(F)cc3)c(-c3ccnc(NCC4CC4)n3)[nH]2)OC1. The van der Waals surface area contributed by atoms with Crippen LogP contribution < -0.4 is 10.6 Å². The average Bonchev–Trinajstić information content (AvgIpc) is 3.71. The highest BCUT2D eigenvalue weighted by molar-refractivity contribution is 5.79. The molecule has 0 spiro atoms. The van der Waals surface area contributed by atoms with Crippen molar-refractivity contribution in [1.82, 2.24) is 25.3 Å². The molecule has 2 saturated carbocycles. The van der Waals surface area contributed by atoms with Crippen molar-refractivity contribution in [2.24, 2.45) is 11.8 Å². The van der Waals surface area contributed by atoms with E-state index in [4.69, 9.17) is 19.4 Å². The Morgan fingerprint density at radius 2 is 1.77 bits per heavy atom. The van der Waals surface area contributed by atoms with Gasteiger partial charge in [-0.05, 0) is 61.9 Å². The quantitative estimate of drug-likeness (QED) is 0.371. The number of amides is 1. The highest BCUT2D eigenvalue weighted by Crippen LogP contribution is 2.31. The zero-order valence-electron chi connectivity index (χ0n) is 22.0. The predicted octanol–water partition coefficient (Wildman–Crippen LogP) is 4.48. The summed E-state index contributed by atoms with van der Waals surface area (Å²) in [6.45, 7) is 1.48. The maximum atomic E-state index is 13.6. The summed E-state index contributed by atoms with van der Waals surface area (Å²) in [4.78, 5) is 30.0. The highest BCUT2D eigenvalue weighted by atomic mass is 19.1. The molecular weight excluding hydrogens is 499 g/mol. The van der Waals surface area contributed by atoms with Crippen molar-refractivity contribution in [3.63, 3.8) is 0 Å². The van der Waals surface area contributed by atoms with Crippen molar-refractivity contribution >= 4 is 11.9 Å². The molecule has 6 rings (SSSR count). The minimum atomic E-state index is -0.523. The molecular formula is C29H35FN6O3. The van der Waals surface area contributed by atoms with Crippen molar-refractivity contribution in [1.29, 1.82) is 0 Å². The Balaban J connectivity index is 1.14. The first-order valence-electron chi connectivity index (χ1n) is 14.1. The summed E-state index contributed by atoms with van der Waals surface area (Å²) in [7, 11) is 0. The van der Waals surface area contributed by atoms with Gasteiger partial charge in [-0.2, -0.15) is 0 Å². The van der Waals surface area contributed by atoms with Crippen molar-refractivity contribution in [2.75, 3.05) is 25.1 Å². The zero-order chi connectivity index (χ0) is 26.6. The Kier molecular flexibility index (Phi) is 7.83. The lowest BCUT2D eigenvalue weighted by molar-refractivity contribution is -0.201. The third-order valence-electron chi connectivity index (χ3n) is 7.68. The fourth-order valence-electron chi connectivity index (χ4n) is 5.20. The number of halogens is 1. The van der Waals surface area contributed by atoms with Crippen LogP contribution in [0.5, 0.6) is 0 Å². The fourth-order valence-corrected chi connectivity index (χ4v) is 5.20. The molecule has 0 radical (unpaired) electrons. The number of aromatic amines is 1. The number of H-pyrrole nitrogens is 1. The van der Waals surface area contributed by atoms with E-state index in [1.807, 2.05) is 6.07 Å². The van der Waals surface area contributed by atoms with Gasteiger partial charge in [0.05, 0.1) is 42.6 Å². The Morgan fingerprint density at radius 1 is 1.00 bits per heavy atom. The lowest BCUT2D eigenvalue weighted by Gasteiger charge is -2.30. The minimum absolute atomic E-state index is 0.00842. The second kappa shape index (κ2) is 11.8. The van der Waals surface area contributed by atoms with Crippen molar-refractivity contribution in [2.45, 2.75) is 63.7 Å². The number of carbonyl (C=O) groups is 1. The molecule has 1 amide bonds. The predicted molar refractivity (Wildman–Crippen MR) is 144 cm³/mol. The minimum Gasteiger partial charge on any atom is -0.354 e. The van der Waals surface area contributed by atoms with Crippen LogP contribution in [0.1, 0.15) is 50.8 Å². The number of ether oxygens (including phenoxy) is 2. The number of hydrogen-bond acceptors (Lipinski definition) is 7. The maximum Gasteiger partial charge on any atom is 0.228 e. The molecule has 2 aliphatic carbocycles. The Morgan fingerprint density at radius 3 is 2.51 bits per heavy atom. The number of rotatable bonds is 9. The number of nitrogens with zero attached hydrogens (tertiary/aromatic N) is 3. The van der Waals surface area contributed by atoms with Crippen LogP contribution in [0.25, 0.3) is 22.6 Å². The summed E-state index contributed by atoms with van der Waals surface area (Å²) >= 11 is 0. The molecule has 0 unspecified atom stereocenters. The monoisotopic (exact) mass is 534 g/mol. The third-order valence-corrected chi connectivity index (χ3v) is 7.68. The summed E-state index contributed by atoms with van der Waals surface area (Å²) in [5.41, 5.74) is 2.84. The molecule has 1 aromatic carbocycles. The maximum absolute atomic E-state index is 13.6. The van der Waals surface area contributed by atoms with E-state index >= 15 is 0 Å². The fraction of sp³-hybridized carbons (Fsp3) is 0.517. The first kappa shape index (κ1) is 25.9. The van der Waals surface area contributed by atoms with E-state index in [1.54, 1.807) is 18.3 Å². The molecule has 3 fully saturated rings. The van der Waals surface area contributed by atoms with Crippen molar-refractivity contribution < 1.29 is 18.7 Å². The van der Waals surface area contributed by atoms with Gasteiger partial charge in [0.2, 0.25) is 11.9 Å². The molecule has 9 nitrogen and oxygen atoms in total. The first-order valence-corrected chi connectivity index (χ1v) is 14.1. The van der Waals surface area contributed by atoms with Gasteiger partial charge < -0.3 is 25.1 Å². The topological polar surface area (TPSA) is 114 Å². The normalized spacial score (nSPS) is 22.0. The molecule has 0 bridgehead atoms.